The second-order valence-electron chi connectivity index (χ2n) is 8.06. The van der Waals surface area contributed by atoms with Crippen molar-refractivity contribution in [2.24, 2.45) is 7.05 Å². The Morgan fingerprint density at radius 2 is 2.03 bits per heavy atom. The predicted molar refractivity (Wildman–Crippen MR) is 112 cm³/mol. The monoisotopic (exact) mass is 388 g/mol. The summed E-state index contributed by atoms with van der Waals surface area (Å²) < 4.78 is 7.78. The van der Waals surface area contributed by atoms with Crippen LogP contribution in [0.1, 0.15) is 59.2 Å². The molecule has 1 aromatic carbocycles. The van der Waals surface area contributed by atoms with Crippen molar-refractivity contribution >= 4 is 27.9 Å². The molecule has 6 heteroatoms. The zero-order chi connectivity index (χ0) is 20.3. The van der Waals surface area contributed by atoms with E-state index in [1.165, 1.54) is 0 Å². The smallest absolute Gasteiger partial charge is 0.255 e. The van der Waals surface area contributed by atoms with E-state index in [4.69, 9.17) is 9.40 Å². The highest BCUT2D eigenvalue weighted by atomic mass is 16.3. The van der Waals surface area contributed by atoms with Crippen LogP contribution in [0.5, 0.6) is 0 Å². The van der Waals surface area contributed by atoms with Crippen LogP contribution >= 0.6 is 0 Å². The minimum atomic E-state index is -0.195. The standard InChI is InChI=1S/C23H24N4O2/c1-13-21-17(12-18(15-9-10-15)24-22(21)27(4)25-13)23(28)26(3)14(2)20-11-16-7-5-6-8-19(16)29-20/h5-8,11-12,14-15H,9-10H2,1-4H3. The molecule has 0 bridgehead atoms. The number of furan rings is 1. The number of aromatic nitrogens is 3. The number of para-hydroxylation sites is 1. The number of fused-ring (bicyclic) bond motifs is 2. The Morgan fingerprint density at radius 1 is 1.28 bits per heavy atom. The predicted octanol–water partition coefficient (Wildman–Crippen LogP) is 4.73. The van der Waals surface area contributed by atoms with Gasteiger partial charge in [0.1, 0.15) is 11.3 Å². The first-order chi connectivity index (χ1) is 13.9. The van der Waals surface area contributed by atoms with E-state index in [-0.39, 0.29) is 11.9 Å². The molecule has 1 saturated carbocycles. The van der Waals surface area contributed by atoms with Gasteiger partial charge >= 0.3 is 0 Å². The van der Waals surface area contributed by atoms with Crippen molar-refractivity contribution in [1.29, 1.82) is 0 Å². The summed E-state index contributed by atoms with van der Waals surface area (Å²) in [5.74, 6) is 1.19. The molecule has 1 unspecified atom stereocenters. The van der Waals surface area contributed by atoms with Gasteiger partial charge in [0, 0.05) is 31.1 Å². The molecule has 1 atom stereocenters. The summed E-state index contributed by atoms with van der Waals surface area (Å²) in [6, 6.07) is 11.7. The lowest BCUT2D eigenvalue weighted by atomic mass is 10.1. The van der Waals surface area contributed by atoms with Gasteiger partial charge in [0.05, 0.1) is 22.7 Å². The highest BCUT2D eigenvalue weighted by Crippen LogP contribution is 2.41. The molecular formula is C23H24N4O2. The second-order valence-corrected chi connectivity index (χ2v) is 8.06. The maximum atomic E-state index is 13.6. The summed E-state index contributed by atoms with van der Waals surface area (Å²) in [7, 11) is 3.71. The number of rotatable bonds is 4. The molecule has 148 valence electrons. The lowest BCUT2D eigenvalue weighted by Gasteiger charge is -2.24. The van der Waals surface area contributed by atoms with Crippen LogP contribution in [0.25, 0.3) is 22.0 Å². The van der Waals surface area contributed by atoms with Crippen molar-refractivity contribution in [1.82, 2.24) is 19.7 Å². The number of amides is 1. The zero-order valence-electron chi connectivity index (χ0n) is 17.1. The maximum absolute atomic E-state index is 13.6. The van der Waals surface area contributed by atoms with E-state index in [1.807, 2.05) is 64.3 Å². The largest absolute Gasteiger partial charge is 0.459 e. The van der Waals surface area contributed by atoms with E-state index >= 15 is 0 Å². The van der Waals surface area contributed by atoms with Gasteiger partial charge in [-0.1, -0.05) is 18.2 Å². The Hall–Kier alpha value is -3.15. The van der Waals surface area contributed by atoms with E-state index in [0.29, 0.717) is 11.5 Å². The number of nitrogens with zero attached hydrogens (tertiary/aromatic N) is 4. The first kappa shape index (κ1) is 17.9. The molecule has 0 spiro atoms. The Bertz CT molecular complexity index is 1220. The molecule has 3 heterocycles. The fraction of sp³-hybridized carbons (Fsp3) is 0.348. The van der Waals surface area contributed by atoms with E-state index in [0.717, 1.165) is 52.0 Å². The topological polar surface area (TPSA) is 64.2 Å². The van der Waals surface area contributed by atoms with Crippen LogP contribution in [0.4, 0.5) is 0 Å². The molecule has 0 saturated heterocycles. The average molecular weight is 388 g/mol. The van der Waals surface area contributed by atoms with Gasteiger partial charge in [-0.05, 0) is 44.9 Å². The van der Waals surface area contributed by atoms with Crippen LogP contribution in [-0.4, -0.2) is 32.6 Å². The van der Waals surface area contributed by atoms with Crippen LogP contribution in [0, 0.1) is 6.92 Å². The van der Waals surface area contributed by atoms with Crippen LogP contribution < -0.4 is 0 Å². The summed E-state index contributed by atoms with van der Waals surface area (Å²) in [6.07, 6.45) is 2.27. The van der Waals surface area contributed by atoms with Gasteiger partial charge in [0.2, 0.25) is 0 Å². The number of carbonyl (C=O) groups excluding carboxylic acids is 1. The van der Waals surface area contributed by atoms with Crippen LogP contribution in [-0.2, 0) is 7.05 Å². The number of hydrogen-bond acceptors (Lipinski definition) is 4. The number of benzene rings is 1. The molecule has 1 aliphatic carbocycles. The molecule has 6 nitrogen and oxygen atoms in total. The molecule has 5 rings (SSSR count). The Morgan fingerprint density at radius 3 is 2.76 bits per heavy atom. The number of pyridine rings is 1. The van der Waals surface area contributed by atoms with Crippen molar-refractivity contribution in [3.05, 3.63) is 59.1 Å². The summed E-state index contributed by atoms with van der Waals surface area (Å²) >= 11 is 0. The normalized spacial score (nSPS) is 15.2. The molecule has 4 aromatic rings. The van der Waals surface area contributed by atoms with Crippen LogP contribution in [0.2, 0.25) is 0 Å². The van der Waals surface area contributed by atoms with Gasteiger partial charge in [0.25, 0.3) is 5.91 Å². The third-order valence-electron chi connectivity index (χ3n) is 5.97. The van der Waals surface area contributed by atoms with E-state index in [9.17, 15) is 4.79 Å². The van der Waals surface area contributed by atoms with Crippen LogP contribution in [0.3, 0.4) is 0 Å². The van der Waals surface area contributed by atoms with Gasteiger partial charge < -0.3 is 9.32 Å². The second kappa shape index (κ2) is 6.44. The first-order valence-electron chi connectivity index (χ1n) is 10.0. The molecule has 3 aromatic heterocycles. The Balaban J connectivity index is 1.56. The Labute approximate surface area is 169 Å². The third kappa shape index (κ3) is 2.90. The van der Waals surface area contributed by atoms with E-state index in [2.05, 4.69) is 5.10 Å². The highest BCUT2D eigenvalue weighted by molar-refractivity contribution is 6.06. The fourth-order valence-electron chi connectivity index (χ4n) is 3.99. The summed E-state index contributed by atoms with van der Waals surface area (Å²) in [5, 5.41) is 6.39. The lowest BCUT2D eigenvalue weighted by molar-refractivity contribution is 0.0729. The van der Waals surface area contributed by atoms with Gasteiger partial charge in [0.15, 0.2) is 5.65 Å². The van der Waals surface area contributed by atoms with Gasteiger partial charge in [-0.25, -0.2) is 4.98 Å². The zero-order valence-corrected chi connectivity index (χ0v) is 17.1. The molecular weight excluding hydrogens is 364 g/mol. The van der Waals surface area contributed by atoms with Gasteiger partial charge in [-0.15, -0.1) is 0 Å². The van der Waals surface area contributed by atoms with Crippen molar-refractivity contribution in [3.8, 4) is 0 Å². The molecule has 29 heavy (non-hydrogen) atoms. The van der Waals surface area contributed by atoms with Gasteiger partial charge in [-0.2, -0.15) is 5.10 Å². The summed E-state index contributed by atoms with van der Waals surface area (Å²) in [4.78, 5) is 20.1. The van der Waals surface area contributed by atoms with Crippen molar-refractivity contribution in [3.63, 3.8) is 0 Å². The maximum Gasteiger partial charge on any atom is 0.255 e. The van der Waals surface area contributed by atoms with Gasteiger partial charge in [-0.3, -0.25) is 9.48 Å². The third-order valence-corrected chi connectivity index (χ3v) is 5.97. The molecule has 0 aliphatic heterocycles. The highest BCUT2D eigenvalue weighted by Gasteiger charge is 2.30. The SMILES string of the molecule is Cc1nn(C)c2nc(C3CC3)cc(C(=O)N(C)C(C)c3cc4ccccc4o3)c12. The minimum Gasteiger partial charge on any atom is -0.459 e. The lowest BCUT2D eigenvalue weighted by Crippen LogP contribution is -2.29. The molecule has 0 N–H and O–H groups in total. The van der Waals surface area contributed by atoms with Crippen molar-refractivity contribution in [2.45, 2.75) is 38.6 Å². The van der Waals surface area contributed by atoms with Crippen molar-refractivity contribution in [2.75, 3.05) is 7.05 Å². The quantitative estimate of drug-likeness (QED) is 0.507. The molecule has 1 aliphatic rings. The molecule has 1 amide bonds. The van der Waals surface area contributed by atoms with Crippen molar-refractivity contribution < 1.29 is 9.21 Å². The number of aryl methyl sites for hydroxylation is 2. The fourth-order valence-corrected chi connectivity index (χ4v) is 3.99. The average Bonchev–Trinajstić information content (AvgIpc) is 3.42. The van der Waals surface area contributed by atoms with E-state index < -0.39 is 0 Å². The number of hydrogen-bond donors (Lipinski definition) is 0. The molecule has 1 fully saturated rings. The number of carbonyl (C=O) groups is 1. The van der Waals surface area contributed by atoms with E-state index in [1.54, 1.807) is 9.58 Å². The summed E-state index contributed by atoms with van der Waals surface area (Å²) in [6.45, 7) is 3.92. The minimum absolute atomic E-state index is 0.0386. The summed E-state index contributed by atoms with van der Waals surface area (Å²) in [5.41, 5.74) is 4.10. The Kier molecular flexibility index (Phi) is 3.98. The first-order valence-corrected chi connectivity index (χ1v) is 10.0. The van der Waals surface area contributed by atoms with Crippen LogP contribution in [0.15, 0.2) is 40.8 Å². The molecule has 0 radical (unpaired) electrons.